The van der Waals surface area contributed by atoms with Gasteiger partial charge < -0.3 is 5.73 Å². The minimum atomic E-state index is 0.227. The second-order valence-electron chi connectivity index (χ2n) is 4.93. The zero-order chi connectivity index (χ0) is 14.1. The van der Waals surface area contributed by atoms with Crippen LogP contribution in [0.5, 0.6) is 0 Å². The predicted molar refractivity (Wildman–Crippen MR) is 85.9 cm³/mol. The molecule has 1 heteroatoms. The van der Waals surface area contributed by atoms with Crippen molar-refractivity contribution >= 4 is 0 Å². The van der Waals surface area contributed by atoms with Gasteiger partial charge in [-0.05, 0) is 12.8 Å². The van der Waals surface area contributed by atoms with Crippen LogP contribution in [0, 0.1) is 0 Å². The van der Waals surface area contributed by atoms with Gasteiger partial charge in [0.15, 0.2) is 0 Å². The van der Waals surface area contributed by atoms with Crippen LogP contribution >= 0.6 is 0 Å². The van der Waals surface area contributed by atoms with Gasteiger partial charge in [-0.1, -0.05) is 77.4 Å². The van der Waals surface area contributed by atoms with Crippen LogP contribution in [0.15, 0.2) is 25.3 Å². The molecule has 0 fully saturated rings. The Labute approximate surface area is 116 Å². The van der Waals surface area contributed by atoms with Crippen molar-refractivity contribution in [2.24, 2.45) is 5.73 Å². The van der Waals surface area contributed by atoms with Crippen LogP contribution in [0.2, 0.25) is 0 Å². The van der Waals surface area contributed by atoms with Gasteiger partial charge in [0, 0.05) is 6.04 Å². The lowest BCUT2D eigenvalue weighted by Crippen LogP contribution is -2.17. The van der Waals surface area contributed by atoms with Gasteiger partial charge in [-0.25, -0.2) is 0 Å². The highest BCUT2D eigenvalue weighted by atomic mass is 14.6. The third-order valence-corrected chi connectivity index (χ3v) is 2.90. The zero-order valence-corrected chi connectivity index (χ0v) is 12.8. The van der Waals surface area contributed by atoms with Gasteiger partial charge in [-0.15, -0.1) is 13.2 Å². The van der Waals surface area contributed by atoms with Crippen LogP contribution in [-0.4, -0.2) is 6.04 Å². The van der Waals surface area contributed by atoms with Crippen LogP contribution in [0.1, 0.15) is 78.1 Å². The summed E-state index contributed by atoms with van der Waals surface area (Å²) in [4.78, 5) is 0. The van der Waals surface area contributed by atoms with E-state index in [2.05, 4.69) is 27.0 Å². The van der Waals surface area contributed by atoms with E-state index in [1.165, 1.54) is 51.4 Å². The maximum absolute atomic E-state index is 5.55. The Morgan fingerprint density at radius 2 is 1.11 bits per heavy atom. The summed E-state index contributed by atoms with van der Waals surface area (Å²) in [5.41, 5.74) is 5.55. The summed E-state index contributed by atoms with van der Waals surface area (Å²) in [6.07, 6.45) is 16.9. The summed E-state index contributed by atoms with van der Waals surface area (Å²) in [6, 6.07) is 0.227. The molecule has 0 heterocycles. The molecule has 0 aromatic rings. The molecule has 0 atom stereocenters. The number of nitrogens with two attached hydrogens (primary N) is 1. The van der Waals surface area contributed by atoms with Crippen molar-refractivity contribution in [1.29, 1.82) is 0 Å². The van der Waals surface area contributed by atoms with E-state index in [0.717, 1.165) is 12.8 Å². The zero-order valence-electron chi connectivity index (χ0n) is 12.8. The maximum atomic E-state index is 5.55. The Bertz CT molecular complexity index is 145. The van der Waals surface area contributed by atoms with Crippen LogP contribution in [0.3, 0.4) is 0 Å². The highest BCUT2D eigenvalue weighted by Gasteiger charge is 1.92. The standard InChI is InChI=1S/C10H22.C7H13N/c1-3-5-7-9-10-8-6-4-2;1-3-5-7(8)6-4-2/h3-10H2,1-2H3;3-4,7H,1-2,5-6,8H2. The molecule has 0 aliphatic rings. The smallest absolute Gasteiger partial charge is 0.0108 e. The topological polar surface area (TPSA) is 26.0 Å². The molecule has 0 saturated heterocycles. The molecule has 1 nitrogen and oxygen atoms in total. The minimum Gasteiger partial charge on any atom is -0.327 e. The molecule has 0 rings (SSSR count). The van der Waals surface area contributed by atoms with Crippen LogP contribution in [0.25, 0.3) is 0 Å². The lowest BCUT2D eigenvalue weighted by atomic mass is 10.1. The first kappa shape index (κ1) is 19.8. The fraction of sp³-hybridized carbons (Fsp3) is 0.765. The minimum absolute atomic E-state index is 0.227. The Hall–Kier alpha value is -0.560. The van der Waals surface area contributed by atoms with Crippen molar-refractivity contribution < 1.29 is 0 Å². The average Bonchev–Trinajstić information content (AvgIpc) is 2.35. The molecule has 0 radical (unpaired) electrons. The Balaban J connectivity index is 0. The summed E-state index contributed by atoms with van der Waals surface area (Å²) in [5.74, 6) is 0. The van der Waals surface area contributed by atoms with E-state index in [9.17, 15) is 0 Å². The molecule has 18 heavy (non-hydrogen) atoms. The van der Waals surface area contributed by atoms with Gasteiger partial charge in [0.1, 0.15) is 0 Å². The number of unbranched alkanes of at least 4 members (excludes halogenated alkanes) is 7. The van der Waals surface area contributed by atoms with E-state index in [0.29, 0.717) is 0 Å². The van der Waals surface area contributed by atoms with Gasteiger partial charge in [0.2, 0.25) is 0 Å². The molecule has 0 spiro atoms. The van der Waals surface area contributed by atoms with Crippen molar-refractivity contribution in [1.82, 2.24) is 0 Å². The van der Waals surface area contributed by atoms with Crippen molar-refractivity contribution in [2.75, 3.05) is 0 Å². The van der Waals surface area contributed by atoms with Crippen molar-refractivity contribution in [3.05, 3.63) is 25.3 Å². The molecule has 0 aromatic heterocycles. The summed E-state index contributed by atoms with van der Waals surface area (Å²) >= 11 is 0. The fourth-order valence-electron chi connectivity index (χ4n) is 1.73. The second kappa shape index (κ2) is 18.8. The monoisotopic (exact) mass is 253 g/mol. The van der Waals surface area contributed by atoms with E-state index in [4.69, 9.17) is 5.73 Å². The van der Waals surface area contributed by atoms with Gasteiger partial charge in [-0.2, -0.15) is 0 Å². The summed E-state index contributed by atoms with van der Waals surface area (Å²) in [7, 11) is 0. The lowest BCUT2D eigenvalue weighted by Gasteiger charge is -2.01. The van der Waals surface area contributed by atoms with Crippen molar-refractivity contribution in [3.63, 3.8) is 0 Å². The van der Waals surface area contributed by atoms with Crippen LogP contribution in [0.4, 0.5) is 0 Å². The highest BCUT2D eigenvalue weighted by Crippen LogP contribution is 2.07. The summed E-state index contributed by atoms with van der Waals surface area (Å²) < 4.78 is 0. The molecule has 2 N–H and O–H groups in total. The van der Waals surface area contributed by atoms with Crippen LogP contribution in [-0.2, 0) is 0 Å². The quantitative estimate of drug-likeness (QED) is 0.376. The first-order chi connectivity index (χ1) is 8.72. The van der Waals surface area contributed by atoms with E-state index in [1.807, 2.05) is 12.2 Å². The second-order valence-corrected chi connectivity index (χ2v) is 4.93. The largest absolute Gasteiger partial charge is 0.327 e. The lowest BCUT2D eigenvalue weighted by molar-refractivity contribution is 0.585. The third-order valence-electron chi connectivity index (χ3n) is 2.90. The van der Waals surface area contributed by atoms with Crippen LogP contribution < -0.4 is 5.73 Å². The van der Waals surface area contributed by atoms with Gasteiger partial charge in [-0.3, -0.25) is 0 Å². The average molecular weight is 253 g/mol. The molecule has 0 bridgehead atoms. The van der Waals surface area contributed by atoms with Gasteiger partial charge >= 0.3 is 0 Å². The fourth-order valence-corrected chi connectivity index (χ4v) is 1.73. The number of hydrogen-bond donors (Lipinski definition) is 1. The van der Waals surface area contributed by atoms with Gasteiger partial charge in [0.25, 0.3) is 0 Å². The van der Waals surface area contributed by atoms with E-state index < -0.39 is 0 Å². The Morgan fingerprint density at radius 3 is 1.39 bits per heavy atom. The molecule has 0 aromatic carbocycles. The molecule has 0 aliphatic carbocycles. The molecule has 108 valence electrons. The maximum Gasteiger partial charge on any atom is 0.0108 e. The molecular formula is C17H35N. The van der Waals surface area contributed by atoms with E-state index >= 15 is 0 Å². The Morgan fingerprint density at radius 1 is 0.778 bits per heavy atom. The van der Waals surface area contributed by atoms with E-state index in [1.54, 1.807) is 0 Å². The number of hydrogen-bond acceptors (Lipinski definition) is 1. The molecule has 0 saturated carbocycles. The Kier molecular flexibility index (Phi) is 20.6. The first-order valence-electron chi connectivity index (χ1n) is 7.70. The van der Waals surface area contributed by atoms with Gasteiger partial charge in [0.05, 0.1) is 0 Å². The summed E-state index contributed by atoms with van der Waals surface area (Å²) in [5, 5.41) is 0. The predicted octanol–water partition coefficient (Wildman–Crippen LogP) is 5.61. The number of rotatable bonds is 11. The molecule has 0 amide bonds. The highest BCUT2D eigenvalue weighted by molar-refractivity contribution is 4.81. The molecule has 0 aliphatic heterocycles. The van der Waals surface area contributed by atoms with Crippen molar-refractivity contribution in [2.45, 2.75) is 84.1 Å². The third kappa shape index (κ3) is 20.8. The SMILES string of the molecule is C=CCC(N)CC=C.CCCCCCCCCC. The first-order valence-corrected chi connectivity index (χ1v) is 7.70. The molecular weight excluding hydrogens is 218 g/mol. The summed E-state index contributed by atoms with van der Waals surface area (Å²) in [6.45, 7) is 11.7. The normalized spacial score (nSPS) is 9.78. The van der Waals surface area contributed by atoms with E-state index in [-0.39, 0.29) is 6.04 Å². The van der Waals surface area contributed by atoms with Crippen molar-refractivity contribution in [3.8, 4) is 0 Å². The molecule has 0 unspecified atom stereocenters.